The zero-order valence-corrected chi connectivity index (χ0v) is 12.8. The Hall–Kier alpha value is 0.1000. The lowest BCUT2D eigenvalue weighted by Gasteiger charge is -2.30. The molecule has 1 aromatic rings. The highest BCUT2D eigenvalue weighted by Gasteiger charge is 2.15. The number of hydrogen-bond donors (Lipinski definition) is 1. The van der Waals surface area contributed by atoms with Crippen LogP contribution in [0.15, 0.2) is 15.9 Å². The molecule has 17 heavy (non-hydrogen) atoms. The van der Waals surface area contributed by atoms with Gasteiger partial charge in [-0.25, -0.2) is 0 Å². The van der Waals surface area contributed by atoms with Gasteiger partial charge in [-0.15, -0.1) is 11.3 Å². The second-order valence-corrected chi connectivity index (χ2v) is 6.87. The van der Waals surface area contributed by atoms with Gasteiger partial charge in [-0.1, -0.05) is 6.92 Å². The van der Waals surface area contributed by atoms with Gasteiger partial charge in [-0.3, -0.25) is 0 Å². The van der Waals surface area contributed by atoms with Gasteiger partial charge in [0.15, 0.2) is 0 Å². The van der Waals surface area contributed by atoms with E-state index in [1.807, 2.05) is 11.3 Å². The summed E-state index contributed by atoms with van der Waals surface area (Å²) in [4.78, 5) is 4.00. The highest BCUT2D eigenvalue weighted by atomic mass is 79.9. The Morgan fingerprint density at radius 2 is 2.47 bits per heavy atom. The first-order valence-electron chi connectivity index (χ1n) is 6.40. The average Bonchev–Trinajstić information content (AvgIpc) is 2.71. The minimum absolute atomic E-state index is 0.886. The van der Waals surface area contributed by atoms with Gasteiger partial charge in [0.05, 0.1) is 0 Å². The first-order valence-corrected chi connectivity index (χ1v) is 8.07. The average molecular weight is 317 g/mol. The zero-order chi connectivity index (χ0) is 12.1. The van der Waals surface area contributed by atoms with Gasteiger partial charge in [0.25, 0.3) is 0 Å². The van der Waals surface area contributed by atoms with Crippen LogP contribution in [0.1, 0.15) is 24.6 Å². The molecule has 0 saturated carbocycles. The van der Waals surface area contributed by atoms with E-state index >= 15 is 0 Å². The van der Waals surface area contributed by atoms with Gasteiger partial charge >= 0.3 is 0 Å². The quantitative estimate of drug-likeness (QED) is 0.838. The lowest BCUT2D eigenvalue weighted by Crippen LogP contribution is -2.38. The number of likely N-dealkylation sites (tertiary alicyclic amines) is 1. The number of piperidine rings is 1. The van der Waals surface area contributed by atoms with Crippen LogP contribution >= 0.6 is 27.3 Å². The molecule has 0 bridgehead atoms. The molecule has 4 heteroatoms. The van der Waals surface area contributed by atoms with Crippen LogP contribution in [0, 0.1) is 5.92 Å². The SMILES string of the molecule is CC1CCCN(CCNCc2cc(Br)cs2)C1. The number of nitrogens with zero attached hydrogens (tertiary/aromatic N) is 1. The van der Waals surface area contributed by atoms with Crippen molar-refractivity contribution >= 4 is 27.3 Å². The molecule has 96 valence electrons. The minimum atomic E-state index is 0.886. The van der Waals surface area contributed by atoms with E-state index in [4.69, 9.17) is 0 Å². The maximum atomic E-state index is 3.53. The molecule has 1 unspecified atom stereocenters. The Bertz CT molecular complexity index is 340. The third-order valence-corrected chi connectivity index (χ3v) is 4.96. The number of rotatable bonds is 5. The molecule has 1 N–H and O–H groups in total. The smallest absolute Gasteiger partial charge is 0.0300 e. The van der Waals surface area contributed by atoms with E-state index in [-0.39, 0.29) is 0 Å². The summed E-state index contributed by atoms with van der Waals surface area (Å²) in [7, 11) is 0. The summed E-state index contributed by atoms with van der Waals surface area (Å²) in [5, 5.41) is 5.67. The number of thiophene rings is 1. The van der Waals surface area contributed by atoms with Crippen molar-refractivity contribution in [3.63, 3.8) is 0 Å². The molecule has 1 aromatic heterocycles. The van der Waals surface area contributed by atoms with E-state index in [2.05, 4.69) is 44.5 Å². The predicted octanol–water partition coefficient (Wildman–Crippen LogP) is 3.33. The third-order valence-electron chi connectivity index (χ3n) is 3.27. The summed E-state index contributed by atoms with van der Waals surface area (Å²) in [6, 6.07) is 2.20. The van der Waals surface area contributed by atoms with Crippen molar-refractivity contribution < 1.29 is 0 Å². The first kappa shape index (κ1) is 13.5. The van der Waals surface area contributed by atoms with Crippen LogP contribution in [0.3, 0.4) is 0 Å². The summed E-state index contributed by atoms with van der Waals surface area (Å²) in [6.45, 7) is 8.23. The zero-order valence-electron chi connectivity index (χ0n) is 10.4. The summed E-state index contributed by atoms with van der Waals surface area (Å²) in [6.07, 6.45) is 2.78. The molecule has 1 fully saturated rings. The lowest BCUT2D eigenvalue weighted by molar-refractivity contribution is 0.184. The van der Waals surface area contributed by atoms with E-state index in [1.165, 1.54) is 41.8 Å². The monoisotopic (exact) mass is 316 g/mol. The number of halogens is 1. The van der Waals surface area contributed by atoms with Gasteiger partial charge in [0.1, 0.15) is 0 Å². The Balaban J connectivity index is 1.59. The Morgan fingerprint density at radius 1 is 1.59 bits per heavy atom. The predicted molar refractivity (Wildman–Crippen MR) is 78.6 cm³/mol. The summed E-state index contributed by atoms with van der Waals surface area (Å²) < 4.78 is 1.20. The second kappa shape index (κ2) is 6.88. The van der Waals surface area contributed by atoms with E-state index in [1.54, 1.807) is 0 Å². The molecule has 0 aliphatic carbocycles. The van der Waals surface area contributed by atoms with Crippen LogP contribution in [0.4, 0.5) is 0 Å². The maximum Gasteiger partial charge on any atom is 0.0300 e. The van der Waals surface area contributed by atoms with Crippen molar-refractivity contribution in [2.24, 2.45) is 5.92 Å². The molecule has 2 heterocycles. The second-order valence-electron chi connectivity index (χ2n) is 4.96. The normalized spacial score (nSPS) is 21.9. The summed E-state index contributed by atoms with van der Waals surface area (Å²) in [5.74, 6) is 0.886. The Morgan fingerprint density at radius 3 is 3.18 bits per heavy atom. The molecular weight excluding hydrogens is 296 g/mol. The first-order chi connectivity index (χ1) is 8.24. The highest BCUT2D eigenvalue weighted by molar-refractivity contribution is 9.10. The molecule has 2 rings (SSSR count). The molecule has 0 radical (unpaired) electrons. The van der Waals surface area contributed by atoms with Gasteiger partial charge in [0, 0.05) is 40.9 Å². The fraction of sp³-hybridized carbons (Fsp3) is 0.692. The van der Waals surface area contributed by atoms with Gasteiger partial charge in [-0.05, 0) is 47.3 Å². The minimum Gasteiger partial charge on any atom is -0.311 e. The van der Waals surface area contributed by atoms with Gasteiger partial charge in [-0.2, -0.15) is 0 Å². The maximum absolute atomic E-state index is 3.53. The summed E-state index contributed by atoms with van der Waals surface area (Å²) in [5.41, 5.74) is 0. The topological polar surface area (TPSA) is 15.3 Å². The molecule has 0 aromatic carbocycles. The fourth-order valence-corrected chi connectivity index (χ4v) is 3.81. The van der Waals surface area contributed by atoms with Crippen molar-refractivity contribution in [1.82, 2.24) is 10.2 Å². The molecule has 0 amide bonds. The molecule has 2 nitrogen and oxygen atoms in total. The third kappa shape index (κ3) is 4.70. The van der Waals surface area contributed by atoms with Crippen molar-refractivity contribution in [2.45, 2.75) is 26.3 Å². The van der Waals surface area contributed by atoms with Crippen molar-refractivity contribution in [1.29, 1.82) is 0 Å². The van der Waals surface area contributed by atoms with E-state index in [9.17, 15) is 0 Å². The van der Waals surface area contributed by atoms with Crippen LogP contribution in [0.2, 0.25) is 0 Å². The van der Waals surface area contributed by atoms with Crippen molar-refractivity contribution in [3.8, 4) is 0 Å². The molecule has 1 aliphatic heterocycles. The summed E-state index contributed by atoms with van der Waals surface area (Å²) >= 11 is 5.30. The highest BCUT2D eigenvalue weighted by Crippen LogP contribution is 2.19. The van der Waals surface area contributed by atoms with Crippen LogP contribution in [0.25, 0.3) is 0 Å². The molecular formula is C13H21BrN2S. The van der Waals surface area contributed by atoms with Crippen LogP contribution in [-0.4, -0.2) is 31.1 Å². The Kier molecular flexibility index (Phi) is 5.48. The molecule has 1 atom stereocenters. The van der Waals surface area contributed by atoms with Crippen molar-refractivity contribution in [2.75, 3.05) is 26.2 Å². The Labute approximate surface area is 117 Å². The fourth-order valence-electron chi connectivity index (χ4n) is 2.39. The van der Waals surface area contributed by atoms with Crippen LogP contribution in [-0.2, 0) is 6.54 Å². The number of hydrogen-bond acceptors (Lipinski definition) is 3. The lowest BCUT2D eigenvalue weighted by atomic mass is 10.0. The molecule has 1 saturated heterocycles. The van der Waals surface area contributed by atoms with Gasteiger partial charge in [0.2, 0.25) is 0 Å². The standard InChI is InChI=1S/C13H21BrN2S/c1-11-3-2-5-16(9-11)6-4-15-8-13-7-12(14)10-17-13/h7,10-11,15H,2-6,8-9H2,1H3. The van der Waals surface area contributed by atoms with Crippen LogP contribution < -0.4 is 5.32 Å². The van der Waals surface area contributed by atoms with Crippen molar-refractivity contribution in [3.05, 3.63) is 20.8 Å². The molecule has 0 spiro atoms. The van der Waals surface area contributed by atoms with Crippen LogP contribution in [0.5, 0.6) is 0 Å². The number of nitrogens with one attached hydrogen (secondary N) is 1. The van der Waals surface area contributed by atoms with E-state index in [0.29, 0.717) is 0 Å². The van der Waals surface area contributed by atoms with E-state index < -0.39 is 0 Å². The van der Waals surface area contributed by atoms with Gasteiger partial charge < -0.3 is 10.2 Å². The van der Waals surface area contributed by atoms with E-state index in [0.717, 1.165) is 19.0 Å². The largest absolute Gasteiger partial charge is 0.311 e. The molecule has 1 aliphatic rings.